The van der Waals surface area contributed by atoms with E-state index in [0.717, 1.165) is 0 Å². The first-order chi connectivity index (χ1) is 7.11. The third-order valence-corrected chi connectivity index (χ3v) is 1.83. The van der Waals surface area contributed by atoms with Gasteiger partial charge in [-0.05, 0) is 13.8 Å². The minimum Gasteiger partial charge on any atom is -0.479 e. The molecule has 0 spiro atoms. The molecule has 2 atom stereocenters. The fourth-order valence-electron chi connectivity index (χ4n) is 1.14. The van der Waals surface area contributed by atoms with Crippen LogP contribution in [0.4, 0.5) is 0 Å². The summed E-state index contributed by atoms with van der Waals surface area (Å²) >= 11 is 0. The lowest BCUT2D eigenvalue weighted by Gasteiger charge is -2.15. The zero-order valence-corrected chi connectivity index (χ0v) is 9.56. The molecule has 0 saturated heterocycles. The summed E-state index contributed by atoms with van der Waals surface area (Å²) in [6.07, 6.45) is -0.437. The van der Waals surface area contributed by atoms with Crippen LogP contribution in [0.25, 0.3) is 0 Å². The predicted molar refractivity (Wildman–Crippen MR) is 55.0 cm³/mol. The van der Waals surface area contributed by atoms with Crippen LogP contribution in [-0.4, -0.2) is 50.2 Å². The minimum absolute atomic E-state index is 0.0222. The number of hydrogen-bond acceptors (Lipinski definition) is 4. The van der Waals surface area contributed by atoms with E-state index in [4.69, 9.17) is 19.3 Å². The summed E-state index contributed by atoms with van der Waals surface area (Å²) < 4.78 is 15.3. The first-order valence-electron chi connectivity index (χ1n) is 5.06. The van der Waals surface area contributed by atoms with Gasteiger partial charge in [-0.2, -0.15) is 0 Å². The molecule has 0 aromatic heterocycles. The maximum Gasteiger partial charge on any atom is 0.332 e. The number of carbonyl (C=O) groups is 1. The SMILES string of the molecule is CCOC(CCOC(C)COC)C(=O)O. The van der Waals surface area contributed by atoms with E-state index in [-0.39, 0.29) is 6.10 Å². The average Bonchev–Trinajstić information content (AvgIpc) is 2.16. The second-order valence-corrected chi connectivity index (χ2v) is 3.21. The van der Waals surface area contributed by atoms with Crippen LogP contribution in [0.15, 0.2) is 0 Å². The van der Waals surface area contributed by atoms with Crippen molar-refractivity contribution in [2.24, 2.45) is 0 Å². The molecule has 2 unspecified atom stereocenters. The van der Waals surface area contributed by atoms with E-state index in [1.54, 1.807) is 14.0 Å². The second-order valence-electron chi connectivity index (χ2n) is 3.21. The van der Waals surface area contributed by atoms with Crippen LogP contribution in [-0.2, 0) is 19.0 Å². The minimum atomic E-state index is -0.945. The average molecular weight is 220 g/mol. The van der Waals surface area contributed by atoms with Crippen LogP contribution >= 0.6 is 0 Å². The molecule has 0 saturated carbocycles. The highest BCUT2D eigenvalue weighted by molar-refractivity contribution is 5.72. The molecule has 5 heteroatoms. The summed E-state index contributed by atoms with van der Waals surface area (Å²) in [6.45, 7) is 4.91. The molecule has 0 aliphatic rings. The van der Waals surface area contributed by atoms with Gasteiger partial charge in [0, 0.05) is 20.1 Å². The standard InChI is InChI=1S/C10H20O5/c1-4-14-9(10(11)12)5-6-15-8(2)7-13-3/h8-9H,4-7H2,1-3H3,(H,11,12). The van der Waals surface area contributed by atoms with Crippen molar-refractivity contribution in [3.63, 3.8) is 0 Å². The van der Waals surface area contributed by atoms with Crippen molar-refractivity contribution in [2.75, 3.05) is 26.9 Å². The van der Waals surface area contributed by atoms with Crippen LogP contribution in [0.1, 0.15) is 20.3 Å². The van der Waals surface area contributed by atoms with Crippen molar-refractivity contribution < 1.29 is 24.1 Å². The topological polar surface area (TPSA) is 65.0 Å². The monoisotopic (exact) mass is 220 g/mol. The maximum absolute atomic E-state index is 10.7. The van der Waals surface area contributed by atoms with Gasteiger partial charge in [0.25, 0.3) is 0 Å². The van der Waals surface area contributed by atoms with E-state index < -0.39 is 12.1 Å². The van der Waals surface area contributed by atoms with Crippen molar-refractivity contribution in [2.45, 2.75) is 32.5 Å². The molecule has 0 rings (SSSR count). The summed E-state index contributed by atoms with van der Waals surface area (Å²) in [6, 6.07) is 0. The van der Waals surface area contributed by atoms with Crippen molar-refractivity contribution in [1.29, 1.82) is 0 Å². The van der Waals surface area contributed by atoms with Crippen LogP contribution in [0.3, 0.4) is 0 Å². The lowest BCUT2D eigenvalue weighted by atomic mass is 10.2. The zero-order valence-electron chi connectivity index (χ0n) is 9.56. The van der Waals surface area contributed by atoms with Gasteiger partial charge in [0.2, 0.25) is 0 Å². The Morgan fingerprint density at radius 2 is 2.07 bits per heavy atom. The van der Waals surface area contributed by atoms with E-state index in [1.165, 1.54) is 0 Å². The predicted octanol–water partition coefficient (Wildman–Crippen LogP) is 0.918. The van der Waals surface area contributed by atoms with Gasteiger partial charge in [0.1, 0.15) is 0 Å². The number of methoxy groups -OCH3 is 1. The van der Waals surface area contributed by atoms with Gasteiger partial charge in [-0.3, -0.25) is 0 Å². The van der Waals surface area contributed by atoms with Crippen molar-refractivity contribution in [3.05, 3.63) is 0 Å². The molecule has 90 valence electrons. The number of aliphatic carboxylic acids is 1. The van der Waals surface area contributed by atoms with Gasteiger partial charge in [0.15, 0.2) is 6.10 Å². The molecule has 0 aliphatic heterocycles. The third-order valence-electron chi connectivity index (χ3n) is 1.83. The Hall–Kier alpha value is -0.650. The van der Waals surface area contributed by atoms with Gasteiger partial charge < -0.3 is 19.3 Å². The summed E-state index contributed by atoms with van der Waals surface area (Å²) in [7, 11) is 1.60. The highest BCUT2D eigenvalue weighted by Crippen LogP contribution is 2.01. The van der Waals surface area contributed by atoms with Crippen LogP contribution in [0, 0.1) is 0 Å². The molecular formula is C10H20O5. The van der Waals surface area contributed by atoms with Gasteiger partial charge >= 0.3 is 5.97 Å². The summed E-state index contributed by atoms with van der Waals surface area (Å²) in [5.74, 6) is -0.945. The molecule has 5 nitrogen and oxygen atoms in total. The molecule has 0 radical (unpaired) electrons. The maximum atomic E-state index is 10.7. The van der Waals surface area contributed by atoms with Crippen molar-refractivity contribution in [3.8, 4) is 0 Å². The first-order valence-corrected chi connectivity index (χ1v) is 5.06. The molecule has 1 N–H and O–H groups in total. The Kier molecular flexibility index (Phi) is 8.27. The van der Waals surface area contributed by atoms with Crippen LogP contribution < -0.4 is 0 Å². The van der Waals surface area contributed by atoms with E-state index in [2.05, 4.69) is 0 Å². The number of carboxylic acids is 1. The summed E-state index contributed by atoms with van der Waals surface area (Å²) in [4.78, 5) is 10.7. The smallest absolute Gasteiger partial charge is 0.332 e. The van der Waals surface area contributed by atoms with Crippen molar-refractivity contribution >= 4 is 5.97 Å². The third kappa shape index (κ3) is 7.30. The lowest BCUT2D eigenvalue weighted by Crippen LogP contribution is -2.27. The Bertz CT molecular complexity index is 171. The summed E-state index contributed by atoms with van der Waals surface area (Å²) in [5.41, 5.74) is 0. The largest absolute Gasteiger partial charge is 0.479 e. The van der Waals surface area contributed by atoms with Crippen LogP contribution in [0.5, 0.6) is 0 Å². The number of carboxylic acid groups (broad SMARTS) is 1. The number of rotatable bonds is 9. The highest BCUT2D eigenvalue weighted by Gasteiger charge is 2.17. The molecular weight excluding hydrogens is 200 g/mol. The Morgan fingerprint density at radius 3 is 2.53 bits per heavy atom. The Labute approximate surface area is 90.3 Å². The first kappa shape index (κ1) is 14.3. The Morgan fingerprint density at radius 1 is 1.40 bits per heavy atom. The fourth-order valence-corrected chi connectivity index (χ4v) is 1.14. The molecule has 15 heavy (non-hydrogen) atoms. The Balaban J connectivity index is 3.65. The normalized spacial score (nSPS) is 14.9. The van der Waals surface area contributed by atoms with Gasteiger partial charge in [-0.15, -0.1) is 0 Å². The van der Waals surface area contributed by atoms with E-state index in [0.29, 0.717) is 26.2 Å². The highest BCUT2D eigenvalue weighted by atomic mass is 16.5. The molecule has 0 aliphatic carbocycles. The summed E-state index contributed by atoms with van der Waals surface area (Å²) in [5, 5.41) is 8.77. The van der Waals surface area contributed by atoms with E-state index in [9.17, 15) is 4.79 Å². The van der Waals surface area contributed by atoms with Crippen LogP contribution in [0.2, 0.25) is 0 Å². The van der Waals surface area contributed by atoms with Crippen molar-refractivity contribution in [1.82, 2.24) is 0 Å². The fraction of sp³-hybridized carbons (Fsp3) is 0.900. The van der Waals surface area contributed by atoms with E-state index >= 15 is 0 Å². The van der Waals surface area contributed by atoms with Gasteiger partial charge in [-0.1, -0.05) is 0 Å². The molecule has 0 amide bonds. The molecule has 0 heterocycles. The van der Waals surface area contributed by atoms with Gasteiger partial charge in [-0.25, -0.2) is 4.79 Å². The molecule has 0 fully saturated rings. The molecule has 0 bridgehead atoms. The van der Waals surface area contributed by atoms with Gasteiger partial charge in [0.05, 0.1) is 19.3 Å². The second kappa shape index (κ2) is 8.64. The molecule has 0 aromatic carbocycles. The molecule has 0 aromatic rings. The number of ether oxygens (including phenoxy) is 3. The number of hydrogen-bond donors (Lipinski definition) is 1. The quantitative estimate of drug-likeness (QED) is 0.626. The lowest BCUT2D eigenvalue weighted by molar-refractivity contribution is -0.151. The van der Waals surface area contributed by atoms with E-state index in [1.807, 2.05) is 6.92 Å². The zero-order chi connectivity index (χ0) is 11.7.